The quantitative estimate of drug-likeness (QED) is 0.641. The third-order valence-corrected chi connectivity index (χ3v) is 4.47. The Labute approximate surface area is 142 Å². The van der Waals surface area contributed by atoms with Crippen molar-refractivity contribution in [1.82, 2.24) is 0 Å². The van der Waals surface area contributed by atoms with E-state index in [1.165, 1.54) is 0 Å². The average molecular weight is 323 g/mol. The molecule has 0 radical (unpaired) electrons. The van der Waals surface area contributed by atoms with Crippen molar-refractivity contribution in [3.05, 3.63) is 59.2 Å². The molecule has 4 nitrogen and oxygen atoms in total. The number of benzene rings is 2. The van der Waals surface area contributed by atoms with E-state index in [0.717, 1.165) is 22.4 Å². The Morgan fingerprint density at radius 2 is 1.88 bits per heavy atom. The number of hydrogen-bond donors (Lipinski definition) is 0. The molecule has 4 heteroatoms. The maximum Gasteiger partial charge on any atom is 0.316 e. The fraction of sp³-hybridized carbons (Fsp3) is 0.300. The third-order valence-electron chi connectivity index (χ3n) is 4.47. The number of carbonyl (C=O) groups excluding carboxylic acids is 2. The Morgan fingerprint density at radius 1 is 1.08 bits per heavy atom. The first kappa shape index (κ1) is 16.2. The molecule has 1 amide bonds. The highest BCUT2D eigenvalue weighted by atomic mass is 16.5. The van der Waals surface area contributed by atoms with Crippen LogP contribution in [-0.4, -0.2) is 18.4 Å². The van der Waals surface area contributed by atoms with E-state index >= 15 is 0 Å². The number of amides is 1. The molecule has 0 unspecified atom stereocenters. The first-order valence-electron chi connectivity index (χ1n) is 8.10. The minimum atomic E-state index is -0.431. The molecular weight excluding hydrogens is 302 g/mol. The molecule has 3 rings (SSSR count). The summed E-state index contributed by atoms with van der Waals surface area (Å²) in [6.45, 7) is 6.34. The summed E-state index contributed by atoms with van der Waals surface area (Å²) in [7, 11) is 0. The van der Waals surface area contributed by atoms with Crippen molar-refractivity contribution in [2.24, 2.45) is 5.92 Å². The molecule has 1 aliphatic rings. The molecule has 1 fully saturated rings. The number of ether oxygens (including phenoxy) is 1. The standard InChI is InChI=1S/C20H21NO3/c1-13-5-4-6-17(9-13)21-12-16(11-19(21)22)20(23)24-18-8-7-14(2)15(3)10-18/h4-10,16H,11-12H2,1-3H3/t16-/m1/s1. The molecule has 0 aliphatic carbocycles. The number of hydrogen-bond acceptors (Lipinski definition) is 3. The van der Waals surface area contributed by atoms with Crippen molar-refractivity contribution in [2.45, 2.75) is 27.2 Å². The van der Waals surface area contributed by atoms with Gasteiger partial charge in [-0.25, -0.2) is 0 Å². The van der Waals surface area contributed by atoms with Gasteiger partial charge in [-0.3, -0.25) is 9.59 Å². The van der Waals surface area contributed by atoms with Crippen LogP contribution in [0.4, 0.5) is 5.69 Å². The summed E-state index contributed by atoms with van der Waals surface area (Å²) in [5.74, 6) is -0.284. The number of esters is 1. The van der Waals surface area contributed by atoms with Crippen LogP contribution in [0.1, 0.15) is 23.1 Å². The summed E-state index contributed by atoms with van der Waals surface area (Å²) in [6, 6.07) is 13.3. The van der Waals surface area contributed by atoms with E-state index in [1.807, 2.05) is 57.2 Å². The summed E-state index contributed by atoms with van der Waals surface area (Å²) in [4.78, 5) is 26.3. The van der Waals surface area contributed by atoms with Gasteiger partial charge in [-0.05, 0) is 61.7 Å². The fourth-order valence-corrected chi connectivity index (χ4v) is 2.89. The molecule has 0 bridgehead atoms. The molecule has 0 N–H and O–H groups in total. The maximum atomic E-state index is 12.4. The summed E-state index contributed by atoms with van der Waals surface area (Å²) in [5.41, 5.74) is 4.14. The first-order valence-corrected chi connectivity index (χ1v) is 8.10. The van der Waals surface area contributed by atoms with Gasteiger partial charge in [0.2, 0.25) is 5.91 Å². The zero-order valence-corrected chi connectivity index (χ0v) is 14.2. The van der Waals surface area contributed by atoms with E-state index in [2.05, 4.69) is 0 Å². The Morgan fingerprint density at radius 3 is 2.58 bits per heavy atom. The lowest BCUT2D eigenvalue weighted by Crippen LogP contribution is -2.27. The van der Waals surface area contributed by atoms with Gasteiger partial charge in [0.25, 0.3) is 0 Å². The van der Waals surface area contributed by atoms with Crippen molar-refractivity contribution in [3.8, 4) is 5.75 Å². The topological polar surface area (TPSA) is 46.6 Å². The second-order valence-electron chi connectivity index (χ2n) is 6.41. The fourth-order valence-electron chi connectivity index (χ4n) is 2.89. The minimum Gasteiger partial charge on any atom is -0.426 e. The van der Waals surface area contributed by atoms with Crippen LogP contribution >= 0.6 is 0 Å². The lowest BCUT2D eigenvalue weighted by atomic mass is 10.1. The summed E-state index contributed by atoms with van der Waals surface area (Å²) in [6.07, 6.45) is 0.192. The molecule has 1 atom stereocenters. The van der Waals surface area contributed by atoms with Crippen LogP contribution in [0.5, 0.6) is 5.75 Å². The highest BCUT2D eigenvalue weighted by molar-refractivity contribution is 5.99. The van der Waals surface area contributed by atoms with Gasteiger partial charge in [-0.15, -0.1) is 0 Å². The van der Waals surface area contributed by atoms with E-state index in [9.17, 15) is 9.59 Å². The number of rotatable bonds is 3. The Bertz CT molecular complexity index is 797. The third kappa shape index (κ3) is 3.32. The van der Waals surface area contributed by atoms with Crippen molar-refractivity contribution in [3.63, 3.8) is 0 Å². The predicted molar refractivity (Wildman–Crippen MR) is 93.2 cm³/mol. The second-order valence-corrected chi connectivity index (χ2v) is 6.41. The zero-order chi connectivity index (χ0) is 17.3. The van der Waals surface area contributed by atoms with Crippen LogP contribution in [0.2, 0.25) is 0 Å². The molecule has 1 heterocycles. The van der Waals surface area contributed by atoms with E-state index in [0.29, 0.717) is 12.3 Å². The van der Waals surface area contributed by atoms with Crippen molar-refractivity contribution in [1.29, 1.82) is 0 Å². The molecule has 1 aliphatic heterocycles. The predicted octanol–water partition coefficient (Wildman–Crippen LogP) is 3.57. The van der Waals surface area contributed by atoms with Crippen LogP contribution in [0, 0.1) is 26.7 Å². The van der Waals surface area contributed by atoms with Crippen LogP contribution in [0.15, 0.2) is 42.5 Å². The molecular formula is C20H21NO3. The van der Waals surface area contributed by atoms with Gasteiger partial charge in [0.1, 0.15) is 5.75 Å². The van der Waals surface area contributed by atoms with E-state index in [4.69, 9.17) is 4.74 Å². The molecule has 24 heavy (non-hydrogen) atoms. The molecule has 0 spiro atoms. The van der Waals surface area contributed by atoms with Crippen molar-refractivity contribution < 1.29 is 14.3 Å². The molecule has 124 valence electrons. The van der Waals surface area contributed by atoms with Crippen molar-refractivity contribution in [2.75, 3.05) is 11.4 Å². The number of aryl methyl sites for hydroxylation is 3. The van der Waals surface area contributed by atoms with Gasteiger partial charge >= 0.3 is 5.97 Å². The summed E-state index contributed by atoms with van der Waals surface area (Å²) >= 11 is 0. The normalized spacial score (nSPS) is 17.2. The molecule has 0 aromatic heterocycles. The van der Waals surface area contributed by atoms with Crippen LogP contribution < -0.4 is 9.64 Å². The largest absolute Gasteiger partial charge is 0.426 e. The monoisotopic (exact) mass is 323 g/mol. The first-order chi connectivity index (χ1) is 11.4. The van der Waals surface area contributed by atoms with E-state index in [1.54, 1.807) is 11.0 Å². The zero-order valence-electron chi connectivity index (χ0n) is 14.2. The number of anilines is 1. The molecule has 1 saturated heterocycles. The average Bonchev–Trinajstić information content (AvgIpc) is 2.93. The minimum absolute atomic E-state index is 0.0392. The van der Waals surface area contributed by atoms with Gasteiger partial charge in [-0.2, -0.15) is 0 Å². The summed E-state index contributed by atoms with van der Waals surface area (Å²) in [5, 5.41) is 0. The van der Waals surface area contributed by atoms with E-state index in [-0.39, 0.29) is 18.3 Å². The van der Waals surface area contributed by atoms with Crippen molar-refractivity contribution >= 4 is 17.6 Å². The smallest absolute Gasteiger partial charge is 0.316 e. The Balaban J connectivity index is 1.70. The van der Waals surface area contributed by atoms with E-state index < -0.39 is 5.92 Å². The SMILES string of the molecule is Cc1cccc(N2C[C@H](C(=O)Oc3ccc(C)c(C)c3)CC2=O)c1. The lowest BCUT2D eigenvalue weighted by Gasteiger charge is -2.17. The van der Waals surface area contributed by atoms with Crippen LogP contribution in [0.25, 0.3) is 0 Å². The number of carbonyl (C=O) groups is 2. The Hall–Kier alpha value is -2.62. The Kier molecular flexibility index (Phi) is 4.38. The van der Waals surface area contributed by atoms with Gasteiger partial charge in [0.15, 0.2) is 0 Å². The van der Waals surface area contributed by atoms with Gasteiger partial charge in [-0.1, -0.05) is 18.2 Å². The van der Waals surface area contributed by atoms with Gasteiger partial charge < -0.3 is 9.64 Å². The van der Waals surface area contributed by atoms with Crippen LogP contribution in [0.3, 0.4) is 0 Å². The highest BCUT2D eigenvalue weighted by Crippen LogP contribution is 2.27. The second kappa shape index (κ2) is 6.48. The summed E-state index contributed by atoms with van der Waals surface area (Å²) < 4.78 is 5.47. The molecule has 2 aromatic rings. The maximum absolute atomic E-state index is 12.4. The lowest BCUT2D eigenvalue weighted by molar-refractivity contribution is -0.139. The molecule has 2 aromatic carbocycles. The van der Waals surface area contributed by atoms with Gasteiger partial charge in [0, 0.05) is 18.7 Å². The molecule has 0 saturated carbocycles. The van der Waals surface area contributed by atoms with Gasteiger partial charge in [0.05, 0.1) is 5.92 Å². The number of nitrogens with zero attached hydrogens (tertiary/aromatic N) is 1. The van der Waals surface area contributed by atoms with Crippen LogP contribution in [-0.2, 0) is 9.59 Å². The highest BCUT2D eigenvalue weighted by Gasteiger charge is 2.36.